The molecule has 8 nitrogen and oxygen atoms in total. The standard InChI is InChI=1S/C19H34N4O4/c1-4-21(5-2)17(24)15-8-7-11-23(14-15)18(25)20-16-9-12-22(13-10-16)19(26)27-6-3/h15-16H,4-14H2,1-3H3,(H,20,25). The van der Waals surface area contributed by atoms with E-state index < -0.39 is 0 Å². The fourth-order valence-corrected chi connectivity index (χ4v) is 3.84. The number of likely N-dealkylation sites (tertiary alicyclic amines) is 2. The summed E-state index contributed by atoms with van der Waals surface area (Å²) < 4.78 is 5.02. The highest BCUT2D eigenvalue weighted by Gasteiger charge is 2.32. The van der Waals surface area contributed by atoms with Crippen molar-refractivity contribution in [2.24, 2.45) is 5.92 Å². The Kier molecular flexibility index (Phi) is 8.19. The summed E-state index contributed by atoms with van der Waals surface area (Å²) in [7, 11) is 0. The second-order valence-electron chi connectivity index (χ2n) is 7.21. The van der Waals surface area contributed by atoms with E-state index in [1.165, 1.54) is 0 Å². The lowest BCUT2D eigenvalue weighted by Gasteiger charge is -2.36. The van der Waals surface area contributed by atoms with Gasteiger partial charge in [0.2, 0.25) is 5.91 Å². The average molecular weight is 383 g/mol. The quantitative estimate of drug-likeness (QED) is 0.787. The third-order valence-corrected chi connectivity index (χ3v) is 5.48. The van der Waals surface area contributed by atoms with Crippen molar-refractivity contribution in [3.05, 3.63) is 0 Å². The van der Waals surface area contributed by atoms with Crippen molar-refractivity contribution in [2.75, 3.05) is 45.9 Å². The second kappa shape index (κ2) is 10.4. The van der Waals surface area contributed by atoms with Gasteiger partial charge in [-0.3, -0.25) is 4.79 Å². The minimum Gasteiger partial charge on any atom is -0.450 e. The van der Waals surface area contributed by atoms with Crippen LogP contribution in [0.4, 0.5) is 9.59 Å². The van der Waals surface area contributed by atoms with Gasteiger partial charge in [0.1, 0.15) is 0 Å². The van der Waals surface area contributed by atoms with E-state index in [1.54, 1.807) is 16.7 Å². The Bertz CT molecular complexity index is 516. The van der Waals surface area contributed by atoms with Crippen LogP contribution in [0.1, 0.15) is 46.5 Å². The van der Waals surface area contributed by atoms with Crippen molar-refractivity contribution in [3.63, 3.8) is 0 Å². The number of piperidine rings is 2. The van der Waals surface area contributed by atoms with Gasteiger partial charge in [-0.2, -0.15) is 0 Å². The van der Waals surface area contributed by atoms with Crippen molar-refractivity contribution in [3.8, 4) is 0 Å². The molecule has 2 aliphatic rings. The summed E-state index contributed by atoms with van der Waals surface area (Å²) >= 11 is 0. The summed E-state index contributed by atoms with van der Waals surface area (Å²) in [6.07, 6.45) is 2.86. The lowest BCUT2D eigenvalue weighted by atomic mass is 9.96. The smallest absolute Gasteiger partial charge is 0.409 e. The topological polar surface area (TPSA) is 82.2 Å². The molecule has 0 aromatic heterocycles. The first-order chi connectivity index (χ1) is 13.0. The van der Waals surface area contributed by atoms with Gasteiger partial charge in [-0.05, 0) is 46.5 Å². The van der Waals surface area contributed by atoms with E-state index in [1.807, 2.05) is 18.7 Å². The van der Waals surface area contributed by atoms with E-state index >= 15 is 0 Å². The lowest BCUT2D eigenvalue weighted by Crippen LogP contribution is -2.53. The average Bonchev–Trinajstić information content (AvgIpc) is 2.69. The number of urea groups is 1. The maximum absolute atomic E-state index is 12.6. The number of hydrogen-bond donors (Lipinski definition) is 1. The lowest BCUT2D eigenvalue weighted by molar-refractivity contribution is -0.136. The first-order valence-electron chi connectivity index (χ1n) is 10.3. The predicted octanol–water partition coefficient (Wildman–Crippen LogP) is 1.90. The van der Waals surface area contributed by atoms with Gasteiger partial charge < -0.3 is 24.8 Å². The van der Waals surface area contributed by atoms with Gasteiger partial charge >= 0.3 is 12.1 Å². The Morgan fingerprint density at radius 3 is 2.26 bits per heavy atom. The number of amides is 4. The molecule has 0 saturated carbocycles. The fraction of sp³-hybridized carbons (Fsp3) is 0.842. The highest BCUT2D eigenvalue weighted by atomic mass is 16.6. The molecule has 2 heterocycles. The van der Waals surface area contributed by atoms with Gasteiger partial charge in [-0.25, -0.2) is 9.59 Å². The fourth-order valence-electron chi connectivity index (χ4n) is 3.84. The third kappa shape index (κ3) is 5.74. The highest BCUT2D eigenvalue weighted by molar-refractivity contribution is 5.81. The van der Waals surface area contributed by atoms with Crippen LogP contribution >= 0.6 is 0 Å². The zero-order valence-corrected chi connectivity index (χ0v) is 16.9. The van der Waals surface area contributed by atoms with E-state index in [4.69, 9.17) is 4.74 Å². The van der Waals surface area contributed by atoms with Gasteiger partial charge in [0.25, 0.3) is 0 Å². The Hall–Kier alpha value is -1.99. The Morgan fingerprint density at radius 2 is 1.67 bits per heavy atom. The van der Waals surface area contributed by atoms with Crippen molar-refractivity contribution in [1.29, 1.82) is 0 Å². The predicted molar refractivity (Wildman–Crippen MR) is 102 cm³/mol. The molecule has 0 radical (unpaired) electrons. The Balaban J connectivity index is 1.80. The molecular weight excluding hydrogens is 348 g/mol. The van der Waals surface area contributed by atoms with Crippen LogP contribution in [-0.4, -0.2) is 84.6 Å². The number of rotatable bonds is 5. The van der Waals surface area contributed by atoms with Gasteiger partial charge in [-0.15, -0.1) is 0 Å². The number of ether oxygens (including phenoxy) is 1. The molecule has 0 aliphatic carbocycles. The molecule has 0 bridgehead atoms. The maximum atomic E-state index is 12.6. The molecule has 1 unspecified atom stereocenters. The molecule has 2 saturated heterocycles. The molecule has 1 N–H and O–H groups in total. The van der Waals surface area contributed by atoms with E-state index in [9.17, 15) is 14.4 Å². The van der Waals surface area contributed by atoms with Gasteiger partial charge in [0.15, 0.2) is 0 Å². The minimum atomic E-state index is -0.281. The molecule has 2 aliphatic heterocycles. The number of carbonyl (C=O) groups excluding carboxylic acids is 3. The van der Waals surface area contributed by atoms with Crippen LogP contribution in [-0.2, 0) is 9.53 Å². The molecule has 2 fully saturated rings. The van der Waals surface area contributed by atoms with Crippen LogP contribution in [0.2, 0.25) is 0 Å². The molecule has 2 rings (SSSR count). The summed E-state index contributed by atoms with van der Waals surface area (Å²) in [4.78, 5) is 42.3. The third-order valence-electron chi connectivity index (χ3n) is 5.48. The molecule has 0 aromatic carbocycles. The van der Waals surface area contributed by atoms with E-state index in [0.717, 1.165) is 25.7 Å². The highest BCUT2D eigenvalue weighted by Crippen LogP contribution is 2.20. The first-order valence-corrected chi connectivity index (χ1v) is 10.3. The first kappa shape index (κ1) is 21.3. The van der Waals surface area contributed by atoms with Crippen molar-refractivity contribution >= 4 is 18.0 Å². The van der Waals surface area contributed by atoms with Crippen molar-refractivity contribution < 1.29 is 19.1 Å². The van der Waals surface area contributed by atoms with Crippen molar-refractivity contribution in [1.82, 2.24) is 20.0 Å². The number of nitrogens with zero attached hydrogens (tertiary/aromatic N) is 3. The van der Waals surface area contributed by atoms with Crippen molar-refractivity contribution in [2.45, 2.75) is 52.5 Å². The second-order valence-corrected chi connectivity index (χ2v) is 7.21. The summed E-state index contributed by atoms with van der Waals surface area (Å²) in [6, 6.07) is -0.0383. The maximum Gasteiger partial charge on any atom is 0.409 e. The number of carbonyl (C=O) groups is 3. The van der Waals surface area contributed by atoms with Gasteiger partial charge in [-0.1, -0.05) is 0 Å². The molecule has 1 atom stereocenters. The van der Waals surface area contributed by atoms with Crippen LogP contribution in [0.5, 0.6) is 0 Å². The van der Waals surface area contributed by atoms with E-state index in [-0.39, 0.29) is 30.0 Å². The summed E-state index contributed by atoms with van der Waals surface area (Å²) in [6.45, 7) is 9.90. The molecule has 8 heteroatoms. The molecule has 4 amide bonds. The van der Waals surface area contributed by atoms with E-state index in [0.29, 0.717) is 45.9 Å². The largest absolute Gasteiger partial charge is 0.450 e. The Labute approximate surface area is 162 Å². The number of nitrogens with one attached hydrogen (secondary N) is 1. The van der Waals surface area contributed by atoms with Crippen LogP contribution in [0, 0.1) is 5.92 Å². The monoisotopic (exact) mass is 382 g/mol. The summed E-state index contributed by atoms with van der Waals surface area (Å²) in [5.74, 6) is 0.0512. The SMILES string of the molecule is CCOC(=O)N1CCC(NC(=O)N2CCCC(C(=O)N(CC)CC)C2)CC1. The molecule has 154 valence electrons. The molecule has 0 aromatic rings. The summed E-state index contributed by atoms with van der Waals surface area (Å²) in [5, 5.41) is 3.08. The van der Waals surface area contributed by atoms with Crippen LogP contribution in [0.3, 0.4) is 0 Å². The van der Waals surface area contributed by atoms with Crippen LogP contribution < -0.4 is 5.32 Å². The minimum absolute atomic E-state index is 0.0574. The zero-order chi connectivity index (χ0) is 19.8. The van der Waals surface area contributed by atoms with Crippen LogP contribution in [0.15, 0.2) is 0 Å². The molecule has 27 heavy (non-hydrogen) atoms. The molecular formula is C19H34N4O4. The van der Waals surface area contributed by atoms with Gasteiger partial charge in [0.05, 0.1) is 12.5 Å². The Morgan fingerprint density at radius 1 is 1.00 bits per heavy atom. The van der Waals surface area contributed by atoms with E-state index in [2.05, 4.69) is 5.32 Å². The summed E-state index contributed by atoms with van der Waals surface area (Å²) in [5.41, 5.74) is 0. The van der Waals surface area contributed by atoms with Crippen LogP contribution in [0.25, 0.3) is 0 Å². The van der Waals surface area contributed by atoms with Gasteiger partial charge in [0, 0.05) is 45.3 Å². The number of hydrogen-bond acceptors (Lipinski definition) is 4. The zero-order valence-electron chi connectivity index (χ0n) is 16.9. The normalized spacial score (nSPS) is 20.9. The molecule has 0 spiro atoms.